The lowest BCUT2D eigenvalue weighted by Gasteiger charge is -2.04. The predicted octanol–water partition coefficient (Wildman–Crippen LogP) is 2.68. The van der Waals surface area contributed by atoms with Crippen LogP contribution in [0.4, 0.5) is 0 Å². The fraction of sp³-hybridized carbons (Fsp3) is 0.0909. The standard InChI is InChI=1S/C11H9IN2OS/c12-10-4-2-1-3-9(10)11(15)14-6-8-5-13-7-16-8/h1-5,7H,6H2,(H,14,15). The molecule has 82 valence electrons. The first-order valence-corrected chi connectivity index (χ1v) is 6.63. The summed E-state index contributed by atoms with van der Waals surface area (Å²) in [6, 6.07) is 7.53. The number of rotatable bonds is 3. The molecule has 16 heavy (non-hydrogen) atoms. The molecule has 2 rings (SSSR count). The highest BCUT2D eigenvalue weighted by atomic mass is 127. The van der Waals surface area contributed by atoms with Crippen LogP contribution in [0.3, 0.4) is 0 Å². The molecule has 5 heteroatoms. The number of thiazole rings is 1. The van der Waals surface area contributed by atoms with Crippen LogP contribution in [0.5, 0.6) is 0 Å². The molecule has 2 aromatic rings. The molecule has 0 radical (unpaired) electrons. The summed E-state index contributed by atoms with van der Waals surface area (Å²) in [5, 5.41) is 2.87. The van der Waals surface area contributed by atoms with Crippen LogP contribution in [0.25, 0.3) is 0 Å². The monoisotopic (exact) mass is 344 g/mol. The third-order valence-electron chi connectivity index (χ3n) is 2.03. The lowest BCUT2D eigenvalue weighted by atomic mass is 10.2. The van der Waals surface area contributed by atoms with E-state index in [-0.39, 0.29) is 5.91 Å². The van der Waals surface area contributed by atoms with Crippen molar-refractivity contribution in [2.75, 3.05) is 0 Å². The van der Waals surface area contributed by atoms with Gasteiger partial charge in [-0.05, 0) is 34.7 Å². The Morgan fingerprint density at radius 2 is 2.25 bits per heavy atom. The van der Waals surface area contributed by atoms with Crippen LogP contribution in [0, 0.1) is 3.57 Å². The van der Waals surface area contributed by atoms with E-state index in [0.29, 0.717) is 12.1 Å². The summed E-state index contributed by atoms with van der Waals surface area (Å²) in [5.74, 6) is -0.0431. The molecular weight excluding hydrogens is 335 g/mol. The van der Waals surface area contributed by atoms with Crippen molar-refractivity contribution in [1.29, 1.82) is 0 Å². The highest BCUT2D eigenvalue weighted by molar-refractivity contribution is 14.1. The topological polar surface area (TPSA) is 42.0 Å². The molecule has 1 aromatic heterocycles. The van der Waals surface area contributed by atoms with Gasteiger partial charge in [-0.2, -0.15) is 0 Å². The van der Waals surface area contributed by atoms with Gasteiger partial charge in [-0.15, -0.1) is 11.3 Å². The van der Waals surface area contributed by atoms with Gasteiger partial charge in [0, 0.05) is 14.6 Å². The maximum absolute atomic E-state index is 11.8. The Hall–Kier alpha value is -0.950. The van der Waals surface area contributed by atoms with Gasteiger partial charge in [0.1, 0.15) is 0 Å². The molecule has 0 saturated heterocycles. The smallest absolute Gasteiger partial charge is 0.252 e. The van der Waals surface area contributed by atoms with Crippen LogP contribution in [0.15, 0.2) is 36.0 Å². The zero-order valence-electron chi connectivity index (χ0n) is 8.31. The molecule has 1 amide bonds. The van der Waals surface area contributed by atoms with Gasteiger partial charge in [0.15, 0.2) is 0 Å². The maximum Gasteiger partial charge on any atom is 0.252 e. The Kier molecular flexibility index (Phi) is 3.89. The third kappa shape index (κ3) is 2.79. The van der Waals surface area contributed by atoms with Crippen molar-refractivity contribution in [1.82, 2.24) is 10.3 Å². The van der Waals surface area contributed by atoms with Crippen LogP contribution < -0.4 is 5.32 Å². The van der Waals surface area contributed by atoms with E-state index in [2.05, 4.69) is 32.9 Å². The van der Waals surface area contributed by atoms with Crippen LogP contribution in [-0.2, 0) is 6.54 Å². The Labute approximate surface area is 111 Å². The van der Waals surface area contributed by atoms with E-state index in [1.807, 2.05) is 24.3 Å². The van der Waals surface area contributed by atoms with Crippen molar-refractivity contribution in [2.45, 2.75) is 6.54 Å². The average Bonchev–Trinajstić information content (AvgIpc) is 2.79. The number of aromatic nitrogens is 1. The third-order valence-corrected chi connectivity index (χ3v) is 3.75. The second-order valence-electron chi connectivity index (χ2n) is 3.13. The minimum Gasteiger partial charge on any atom is -0.347 e. The molecule has 0 aliphatic carbocycles. The quantitative estimate of drug-likeness (QED) is 0.870. The molecule has 0 atom stereocenters. The van der Waals surface area contributed by atoms with Gasteiger partial charge in [0.2, 0.25) is 0 Å². The van der Waals surface area contributed by atoms with Gasteiger partial charge < -0.3 is 5.32 Å². The molecule has 0 spiro atoms. The van der Waals surface area contributed by atoms with E-state index in [1.165, 1.54) is 11.3 Å². The normalized spacial score (nSPS) is 10.1. The molecule has 1 N–H and O–H groups in total. The highest BCUT2D eigenvalue weighted by Gasteiger charge is 2.08. The number of carbonyl (C=O) groups is 1. The van der Waals surface area contributed by atoms with E-state index in [1.54, 1.807) is 11.7 Å². The first-order valence-electron chi connectivity index (χ1n) is 4.67. The number of nitrogens with one attached hydrogen (secondary N) is 1. The molecule has 1 heterocycles. The zero-order chi connectivity index (χ0) is 11.4. The van der Waals surface area contributed by atoms with Gasteiger partial charge >= 0.3 is 0 Å². The second-order valence-corrected chi connectivity index (χ2v) is 5.26. The number of hydrogen-bond donors (Lipinski definition) is 1. The number of amides is 1. The van der Waals surface area contributed by atoms with Crippen LogP contribution in [0.2, 0.25) is 0 Å². The number of benzene rings is 1. The fourth-order valence-electron chi connectivity index (χ4n) is 1.24. The summed E-state index contributed by atoms with van der Waals surface area (Å²) in [6.45, 7) is 0.536. The fourth-order valence-corrected chi connectivity index (χ4v) is 2.40. The number of nitrogens with zero attached hydrogens (tertiary/aromatic N) is 1. The first kappa shape index (κ1) is 11.5. The van der Waals surface area contributed by atoms with Gasteiger partial charge in [0.05, 0.1) is 17.6 Å². The first-order chi connectivity index (χ1) is 7.77. The molecule has 0 aliphatic heterocycles. The summed E-state index contributed by atoms with van der Waals surface area (Å²) in [6.07, 6.45) is 1.76. The predicted molar refractivity (Wildman–Crippen MR) is 72.4 cm³/mol. The van der Waals surface area contributed by atoms with Gasteiger partial charge in [-0.25, -0.2) is 0 Å². The lowest BCUT2D eigenvalue weighted by molar-refractivity contribution is 0.0950. The van der Waals surface area contributed by atoms with E-state index in [9.17, 15) is 4.79 Å². The van der Waals surface area contributed by atoms with Crippen LogP contribution in [-0.4, -0.2) is 10.9 Å². The molecular formula is C11H9IN2OS. The Balaban J connectivity index is 2.01. The van der Waals surface area contributed by atoms with Crippen LogP contribution >= 0.6 is 33.9 Å². The van der Waals surface area contributed by atoms with Crippen LogP contribution in [0.1, 0.15) is 15.2 Å². The summed E-state index contributed by atoms with van der Waals surface area (Å²) >= 11 is 3.69. The number of halogens is 1. The zero-order valence-corrected chi connectivity index (χ0v) is 11.3. The van der Waals surface area contributed by atoms with Gasteiger partial charge in [-0.3, -0.25) is 9.78 Å². The van der Waals surface area contributed by atoms with Crippen molar-refractivity contribution in [3.05, 3.63) is 50.0 Å². The van der Waals surface area contributed by atoms with E-state index in [0.717, 1.165) is 8.45 Å². The van der Waals surface area contributed by atoms with E-state index in [4.69, 9.17) is 0 Å². The molecule has 0 bridgehead atoms. The summed E-state index contributed by atoms with van der Waals surface area (Å²) < 4.78 is 0.960. The second kappa shape index (κ2) is 5.40. The van der Waals surface area contributed by atoms with Crippen molar-refractivity contribution in [2.24, 2.45) is 0 Å². The lowest BCUT2D eigenvalue weighted by Crippen LogP contribution is -2.23. The minimum absolute atomic E-state index is 0.0431. The van der Waals surface area contributed by atoms with Gasteiger partial charge in [0.25, 0.3) is 5.91 Å². The highest BCUT2D eigenvalue weighted by Crippen LogP contribution is 2.11. The van der Waals surface area contributed by atoms with Crippen molar-refractivity contribution in [3.63, 3.8) is 0 Å². The maximum atomic E-state index is 11.8. The summed E-state index contributed by atoms with van der Waals surface area (Å²) in [4.78, 5) is 16.8. The Morgan fingerprint density at radius 1 is 1.44 bits per heavy atom. The molecule has 0 saturated carbocycles. The minimum atomic E-state index is -0.0431. The average molecular weight is 344 g/mol. The molecule has 0 unspecified atom stereocenters. The number of hydrogen-bond acceptors (Lipinski definition) is 3. The largest absolute Gasteiger partial charge is 0.347 e. The Bertz CT molecular complexity index is 484. The summed E-state index contributed by atoms with van der Waals surface area (Å²) in [7, 11) is 0. The van der Waals surface area contributed by atoms with Gasteiger partial charge in [-0.1, -0.05) is 12.1 Å². The van der Waals surface area contributed by atoms with Crippen molar-refractivity contribution >= 4 is 39.8 Å². The Morgan fingerprint density at radius 3 is 2.94 bits per heavy atom. The summed E-state index contributed by atoms with van der Waals surface area (Å²) in [5.41, 5.74) is 2.47. The van der Waals surface area contributed by atoms with Crippen molar-refractivity contribution < 1.29 is 4.79 Å². The van der Waals surface area contributed by atoms with E-state index >= 15 is 0 Å². The van der Waals surface area contributed by atoms with E-state index < -0.39 is 0 Å². The SMILES string of the molecule is O=C(NCc1cncs1)c1ccccc1I. The molecule has 0 fully saturated rings. The molecule has 1 aromatic carbocycles. The van der Waals surface area contributed by atoms with Crippen molar-refractivity contribution in [3.8, 4) is 0 Å². The number of carbonyl (C=O) groups excluding carboxylic acids is 1. The molecule has 0 aliphatic rings. The molecule has 3 nitrogen and oxygen atoms in total.